The van der Waals surface area contributed by atoms with Gasteiger partial charge < -0.3 is 0 Å². The minimum Gasteiger partial charge on any atom is -0.274 e. The topological polar surface area (TPSA) is 74.8 Å². The van der Waals surface area contributed by atoms with E-state index < -0.39 is 17.8 Å². The van der Waals surface area contributed by atoms with Gasteiger partial charge in [-0.2, -0.15) is 0 Å². The second-order valence-corrected chi connectivity index (χ2v) is 10.3. The zero-order valence-electron chi connectivity index (χ0n) is 20.8. The molecule has 2 saturated heterocycles. The molecule has 4 atom stereocenters. The van der Waals surface area contributed by atoms with E-state index in [4.69, 9.17) is 0 Å². The molecule has 2 heterocycles. The Labute approximate surface area is 205 Å². The van der Waals surface area contributed by atoms with Crippen LogP contribution in [-0.2, 0) is 19.2 Å². The summed E-state index contributed by atoms with van der Waals surface area (Å²) < 4.78 is 0. The summed E-state index contributed by atoms with van der Waals surface area (Å²) >= 11 is 0. The van der Waals surface area contributed by atoms with Crippen molar-refractivity contribution in [2.75, 3.05) is 9.80 Å². The molecule has 0 bridgehead atoms. The molecule has 0 N–H and O–H groups in total. The van der Waals surface area contributed by atoms with Crippen molar-refractivity contribution in [3.05, 3.63) is 70.3 Å². The molecule has 35 heavy (non-hydrogen) atoms. The monoisotopic (exact) mass is 470 g/mol. The fourth-order valence-electron chi connectivity index (χ4n) is 5.81. The highest BCUT2D eigenvalue weighted by atomic mass is 16.2. The molecule has 5 rings (SSSR count). The number of aryl methyl sites for hydroxylation is 4. The Kier molecular flexibility index (Phi) is 5.50. The maximum absolute atomic E-state index is 13.5. The molecule has 180 valence electrons. The van der Waals surface area contributed by atoms with E-state index in [-0.39, 0.29) is 36.0 Å². The predicted molar refractivity (Wildman–Crippen MR) is 134 cm³/mol. The van der Waals surface area contributed by atoms with Crippen LogP contribution in [0.4, 0.5) is 11.4 Å². The van der Waals surface area contributed by atoms with E-state index in [9.17, 15) is 19.2 Å². The molecule has 2 aliphatic heterocycles. The molecule has 0 saturated carbocycles. The van der Waals surface area contributed by atoms with Crippen LogP contribution in [0, 0.1) is 51.4 Å². The maximum Gasteiger partial charge on any atom is 0.241 e. The number of hydrogen-bond donors (Lipinski definition) is 0. The van der Waals surface area contributed by atoms with Crippen LogP contribution in [0.3, 0.4) is 0 Å². The first kappa shape index (κ1) is 23.2. The van der Waals surface area contributed by atoms with Crippen LogP contribution >= 0.6 is 0 Å². The van der Waals surface area contributed by atoms with E-state index >= 15 is 0 Å². The highest BCUT2D eigenvalue weighted by Gasteiger charge is 2.54. The molecule has 0 unspecified atom stereocenters. The van der Waals surface area contributed by atoms with Crippen LogP contribution in [0.15, 0.2) is 48.0 Å². The first-order valence-corrected chi connectivity index (χ1v) is 12.2. The third-order valence-corrected chi connectivity index (χ3v) is 8.12. The predicted octanol–water partition coefficient (Wildman–Crippen LogP) is 4.57. The van der Waals surface area contributed by atoms with Crippen LogP contribution < -0.4 is 9.80 Å². The standard InChI is InChI=1S/C29H30N2O4/c1-15-6-8-21(11-17(15)3)30-25(32)14-23(27(30)33)20-10-19(5)26-24(13-20)28(34)31(29(26)35)22-9-7-16(2)18(4)12-22/h6-12,20,23-24,26H,13-14H2,1-5H3/t20-,23-,24-,26-/m1/s1. The molecule has 2 aromatic carbocycles. The lowest BCUT2D eigenvalue weighted by atomic mass is 9.71. The zero-order chi connectivity index (χ0) is 25.2. The lowest BCUT2D eigenvalue weighted by molar-refractivity contribution is -0.125. The Hall–Kier alpha value is -3.54. The summed E-state index contributed by atoms with van der Waals surface area (Å²) in [6, 6.07) is 11.2. The van der Waals surface area contributed by atoms with Crippen molar-refractivity contribution in [1.82, 2.24) is 0 Å². The molecular weight excluding hydrogens is 440 g/mol. The fourth-order valence-corrected chi connectivity index (χ4v) is 5.81. The normalized spacial score (nSPS) is 26.5. The first-order chi connectivity index (χ1) is 16.6. The molecule has 0 aromatic heterocycles. The molecule has 4 amide bonds. The van der Waals surface area contributed by atoms with E-state index in [0.717, 1.165) is 27.8 Å². The van der Waals surface area contributed by atoms with E-state index in [1.165, 1.54) is 9.80 Å². The van der Waals surface area contributed by atoms with Gasteiger partial charge in [0.2, 0.25) is 23.6 Å². The number of imide groups is 2. The average Bonchev–Trinajstić information content (AvgIpc) is 3.24. The summed E-state index contributed by atoms with van der Waals surface area (Å²) in [5.74, 6) is -2.69. The quantitative estimate of drug-likeness (QED) is 0.486. The van der Waals surface area contributed by atoms with Gasteiger partial charge in [-0.3, -0.25) is 24.1 Å². The first-order valence-electron chi connectivity index (χ1n) is 12.2. The van der Waals surface area contributed by atoms with Gasteiger partial charge in [-0.15, -0.1) is 0 Å². The van der Waals surface area contributed by atoms with Gasteiger partial charge in [0, 0.05) is 6.42 Å². The number of amides is 4. The number of allylic oxidation sites excluding steroid dienone is 1. The van der Waals surface area contributed by atoms with Gasteiger partial charge in [-0.1, -0.05) is 23.8 Å². The minimum absolute atomic E-state index is 0.112. The summed E-state index contributed by atoms with van der Waals surface area (Å²) in [6.07, 6.45) is 2.45. The number of benzene rings is 2. The molecule has 0 spiro atoms. The van der Waals surface area contributed by atoms with Gasteiger partial charge in [-0.05, 0) is 93.5 Å². The van der Waals surface area contributed by atoms with Gasteiger partial charge in [-0.25, -0.2) is 4.90 Å². The Morgan fingerprint density at radius 1 is 0.657 bits per heavy atom. The van der Waals surface area contributed by atoms with Crippen LogP contribution in [0.1, 0.15) is 42.0 Å². The third kappa shape index (κ3) is 3.63. The second-order valence-electron chi connectivity index (χ2n) is 10.3. The maximum atomic E-state index is 13.5. The summed E-state index contributed by atoms with van der Waals surface area (Å²) in [5.41, 5.74) is 6.22. The number of rotatable bonds is 3. The Morgan fingerprint density at radius 3 is 1.77 bits per heavy atom. The lowest BCUT2D eigenvalue weighted by Gasteiger charge is -2.29. The number of carbonyl (C=O) groups is 4. The molecule has 6 heteroatoms. The highest BCUT2D eigenvalue weighted by Crippen LogP contribution is 2.46. The molecular formula is C29H30N2O4. The van der Waals surface area contributed by atoms with Gasteiger partial charge in [0.25, 0.3) is 0 Å². The summed E-state index contributed by atoms with van der Waals surface area (Å²) in [5, 5.41) is 0. The van der Waals surface area contributed by atoms with Crippen LogP contribution in [0.25, 0.3) is 0 Å². The number of nitrogens with zero attached hydrogens (tertiary/aromatic N) is 2. The number of carbonyl (C=O) groups excluding carboxylic acids is 4. The highest BCUT2D eigenvalue weighted by molar-refractivity contribution is 6.23. The number of anilines is 2. The molecule has 0 radical (unpaired) electrons. The Balaban J connectivity index is 1.42. The zero-order valence-corrected chi connectivity index (χ0v) is 20.8. The molecule has 3 aliphatic rings. The second kappa shape index (κ2) is 8.29. The third-order valence-electron chi connectivity index (χ3n) is 8.12. The smallest absolute Gasteiger partial charge is 0.241 e. The molecule has 2 fully saturated rings. The number of fused-ring (bicyclic) bond motifs is 1. The Morgan fingerprint density at radius 2 is 1.20 bits per heavy atom. The van der Waals surface area contributed by atoms with Gasteiger partial charge in [0.05, 0.1) is 29.1 Å². The molecule has 6 nitrogen and oxygen atoms in total. The van der Waals surface area contributed by atoms with Gasteiger partial charge >= 0.3 is 0 Å². The van der Waals surface area contributed by atoms with Crippen molar-refractivity contribution in [1.29, 1.82) is 0 Å². The summed E-state index contributed by atoms with van der Waals surface area (Å²) in [4.78, 5) is 55.7. The summed E-state index contributed by atoms with van der Waals surface area (Å²) in [7, 11) is 0. The SMILES string of the molecule is CC1=C[C@@H]([C@H]2CC(=O)N(c3ccc(C)c(C)c3)C2=O)C[C@H]2C(=O)N(c3ccc(C)c(C)c3)C(=O)[C@H]12. The van der Waals surface area contributed by atoms with E-state index in [0.29, 0.717) is 17.8 Å². The van der Waals surface area contributed by atoms with Crippen molar-refractivity contribution >= 4 is 35.0 Å². The van der Waals surface area contributed by atoms with E-state index in [1.807, 2.05) is 71.0 Å². The molecule has 1 aliphatic carbocycles. The van der Waals surface area contributed by atoms with Crippen molar-refractivity contribution in [3.63, 3.8) is 0 Å². The Bertz CT molecular complexity index is 1320. The van der Waals surface area contributed by atoms with Gasteiger partial charge in [0.15, 0.2) is 0 Å². The minimum atomic E-state index is -0.529. The van der Waals surface area contributed by atoms with Crippen molar-refractivity contribution in [2.45, 2.75) is 47.5 Å². The molecule has 2 aromatic rings. The van der Waals surface area contributed by atoms with Crippen molar-refractivity contribution < 1.29 is 19.2 Å². The fraction of sp³-hybridized carbons (Fsp3) is 0.379. The van der Waals surface area contributed by atoms with Crippen LogP contribution in [0.2, 0.25) is 0 Å². The van der Waals surface area contributed by atoms with Gasteiger partial charge in [0.1, 0.15) is 0 Å². The summed E-state index contributed by atoms with van der Waals surface area (Å²) in [6.45, 7) is 9.76. The van der Waals surface area contributed by atoms with Crippen molar-refractivity contribution in [3.8, 4) is 0 Å². The average molecular weight is 471 g/mol. The van der Waals surface area contributed by atoms with Crippen LogP contribution in [0.5, 0.6) is 0 Å². The van der Waals surface area contributed by atoms with E-state index in [1.54, 1.807) is 6.07 Å². The van der Waals surface area contributed by atoms with Crippen LogP contribution in [-0.4, -0.2) is 23.6 Å². The van der Waals surface area contributed by atoms with E-state index in [2.05, 4.69) is 0 Å². The lowest BCUT2D eigenvalue weighted by Crippen LogP contribution is -2.35. The van der Waals surface area contributed by atoms with Crippen molar-refractivity contribution in [2.24, 2.45) is 23.7 Å². The largest absolute Gasteiger partial charge is 0.274 e. The number of hydrogen-bond acceptors (Lipinski definition) is 4.